The van der Waals surface area contributed by atoms with Crippen molar-refractivity contribution in [2.45, 2.75) is 44.7 Å². The summed E-state index contributed by atoms with van der Waals surface area (Å²) in [5.41, 5.74) is 2.48. The lowest BCUT2D eigenvalue weighted by Crippen LogP contribution is -2.38. The summed E-state index contributed by atoms with van der Waals surface area (Å²) in [4.78, 5) is 2.43. The average Bonchev–Trinajstić information content (AvgIpc) is 3.42. The third kappa shape index (κ3) is 3.10. The Labute approximate surface area is 132 Å². The van der Waals surface area contributed by atoms with Crippen molar-refractivity contribution in [2.24, 2.45) is 11.8 Å². The van der Waals surface area contributed by atoms with Gasteiger partial charge in [0.25, 0.3) is 0 Å². The predicted octanol–water partition coefficient (Wildman–Crippen LogP) is 2.20. The molecule has 1 aromatic rings. The van der Waals surface area contributed by atoms with Crippen molar-refractivity contribution in [1.82, 2.24) is 19.9 Å². The molecule has 0 spiro atoms. The maximum absolute atomic E-state index is 5.98. The molecule has 0 aromatic carbocycles. The molecule has 0 unspecified atom stereocenters. The minimum absolute atomic E-state index is 0.244. The SMILES string of the molecule is C=CCN1CCc2c(nnn2CC2CC2)[C@H]1COCC1CC1. The van der Waals surface area contributed by atoms with Gasteiger partial charge in [0.1, 0.15) is 5.69 Å². The monoisotopic (exact) mass is 302 g/mol. The summed E-state index contributed by atoms with van der Waals surface area (Å²) in [6.07, 6.45) is 8.40. The van der Waals surface area contributed by atoms with E-state index in [1.54, 1.807) is 0 Å². The van der Waals surface area contributed by atoms with Crippen LogP contribution in [0.1, 0.15) is 43.1 Å². The molecule has 0 radical (unpaired) electrons. The number of hydrogen-bond donors (Lipinski definition) is 0. The highest BCUT2D eigenvalue weighted by atomic mass is 16.5. The molecule has 3 aliphatic rings. The van der Waals surface area contributed by atoms with Crippen molar-refractivity contribution in [3.63, 3.8) is 0 Å². The van der Waals surface area contributed by atoms with Crippen LogP contribution in [0.2, 0.25) is 0 Å². The minimum atomic E-state index is 0.244. The Bertz CT molecular complexity index is 533. The van der Waals surface area contributed by atoms with Gasteiger partial charge in [-0.1, -0.05) is 11.3 Å². The topological polar surface area (TPSA) is 43.2 Å². The molecule has 4 rings (SSSR count). The molecule has 0 saturated heterocycles. The molecule has 2 saturated carbocycles. The van der Waals surface area contributed by atoms with E-state index in [-0.39, 0.29) is 6.04 Å². The summed E-state index contributed by atoms with van der Waals surface area (Å²) in [5.74, 6) is 1.64. The maximum atomic E-state index is 5.98. The van der Waals surface area contributed by atoms with E-state index in [1.807, 2.05) is 6.08 Å². The largest absolute Gasteiger partial charge is 0.379 e. The first-order chi connectivity index (χ1) is 10.8. The normalized spacial score (nSPS) is 25.2. The molecule has 2 heterocycles. The molecule has 0 N–H and O–H groups in total. The summed E-state index contributed by atoms with van der Waals surface area (Å²) < 4.78 is 8.14. The highest BCUT2D eigenvalue weighted by molar-refractivity contribution is 5.19. The number of ether oxygens (including phenoxy) is 1. The van der Waals surface area contributed by atoms with Gasteiger partial charge in [0.05, 0.1) is 18.3 Å². The summed E-state index contributed by atoms with van der Waals surface area (Å²) >= 11 is 0. The third-order valence-corrected chi connectivity index (χ3v) is 5.08. The molecule has 1 aliphatic heterocycles. The molecular formula is C17H26N4O. The van der Waals surface area contributed by atoms with Crippen LogP contribution in [0.25, 0.3) is 0 Å². The first-order valence-corrected chi connectivity index (χ1v) is 8.70. The van der Waals surface area contributed by atoms with Crippen LogP contribution in [0.15, 0.2) is 12.7 Å². The Hall–Kier alpha value is -1.20. The Morgan fingerprint density at radius 2 is 2.00 bits per heavy atom. The van der Waals surface area contributed by atoms with E-state index in [0.29, 0.717) is 0 Å². The molecule has 120 valence electrons. The predicted molar refractivity (Wildman–Crippen MR) is 84.5 cm³/mol. The Kier molecular flexibility index (Phi) is 4.01. The molecule has 0 bridgehead atoms. The lowest BCUT2D eigenvalue weighted by atomic mass is 10.0. The summed E-state index contributed by atoms with van der Waals surface area (Å²) in [6.45, 7) is 8.54. The van der Waals surface area contributed by atoms with E-state index in [2.05, 4.69) is 26.5 Å². The van der Waals surface area contributed by atoms with Crippen molar-refractivity contribution in [2.75, 3.05) is 26.3 Å². The van der Waals surface area contributed by atoms with E-state index in [9.17, 15) is 0 Å². The number of hydrogen-bond acceptors (Lipinski definition) is 4. The van der Waals surface area contributed by atoms with Crippen molar-refractivity contribution < 1.29 is 4.74 Å². The van der Waals surface area contributed by atoms with Gasteiger partial charge in [0.15, 0.2) is 0 Å². The molecule has 1 atom stereocenters. The van der Waals surface area contributed by atoms with Gasteiger partial charge in [-0.2, -0.15) is 0 Å². The molecule has 22 heavy (non-hydrogen) atoms. The highest BCUT2D eigenvalue weighted by Gasteiger charge is 2.33. The third-order valence-electron chi connectivity index (χ3n) is 5.08. The fraction of sp³-hybridized carbons (Fsp3) is 0.765. The van der Waals surface area contributed by atoms with E-state index < -0.39 is 0 Å². The van der Waals surface area contributed by atoms with E-state index in [0.717, 1.165) is 56.8 Å². The Balaban J connectivity index is 1.48. The second kappa shape index (κ2) is 6.13. The van der Waals surface area contributed by atoms with Crippen molar-refractivity contribution in [3.8, 4) is 0 Å². The number of fused-ring (bicyclic) bond motifs is 1. The molecule has 5 heteroatoms. The zero-order valence-electron chi connectivity index (χ0n) is 13.3. The zero-order chi connectivity index (χ0) is 14.9. The zero-order valence-corrected chi connectivity index (χ0v) is 13.3. The fourth-order valence-electron chi connectivity index (χ4n) is 3.33. The smallest absolute Gasteiger partial charge is 0.105 e. The maximum Gasteiger partial charge on any atom is 0.105 e. The van der Waals surface area contributed by atoms with Crippen LogP contribution in [0.4, 0.5) is 0 Å². The highest BCUT2D eigenvalue weighted by Crippen LogP contribution is 2.34. The number of nitrogens with zero attached hydrogens (tertiary/aromatic N) is 4. The summed E-state index contributed by atoms with van der Waals surface area (Å²) in [6, 6.07) is 0.244. The average molecular weight is 302 g/mol. The van der Waals surface area contributed by atoms with Crippen LogP contribution in [-0.4, -0.2) is 46.2 Å². The van der Waals surface area contributed by atoms with E-state index >= 15 is 0 Å². The van der Waals surface area contributed by atoms with Crippen LogP contribution in [0.5, 0.6) is 0 Å². The minimum Gasteiger partial charge on any atom is -0.379 e. The number of rotatable bonds is 8. The van der Waals surface area contributed by atoms with Gasteiger partial charge in [-0.15, -0.1) is 11.7 Å². The van der Waals surface area contributed by atoms with Crippen LogP contribution in [0.3, 0.4) is 0 Å². The lowest BCUT2D eigenvalue weighted by molar-refractivity contribution is 0.0512. The van der Waals surface area contributed by atoms with Gasteiger partial charge in [-0.05, 0) is 37.5 Å². The summed E-state index contributed by atoms with van der Waals surface area (Å²) in [7, 11) is 0. The van der Waals surface area contributed by atoms with Crippen LogP contribution < -0.4 is 0 Å². The van der Waals surface area contributed by atoms with Gasteiger partial charge in [-0.25, -0.2) is 4.68 Å². The molecular weight excluding hydrogens is 276 g/mol. The first-order valence-electron chi connectivity index (χ1n) is 8.70. The second-order valence-electron chi connectivity index (χ2n) is 7.08. The Morgan fingerprint density at radius 1 is 1.18 bits per heavy atom. The standard InChI is InChI=1S/C17H26N4O/c1-2-8-20-9-7-15-17(16(20)12-22-11-14-5-6-14)18-19-21(15)10-13-3-4-13/h2,13-14,16H,1,3-12H2/t16-/m1/s1. The van der Waals surface area contributed by atoms with Crippen LogP contribution in [0, 0.1) is 11.8 Å². The van der Waals surface area contributed by atoms with Crippen molar-refractivity contribution in [3.05, 3.63) is 24.0 Å². The van der Waals surface area contributed by atoms with Gasteiger partial charge in [0.2, 0.25) is 0 Å². The van der Waals surface area contributed by atoms with Crippen LogP contribution >= 0.6 is 0 Å². The second-order valence-corrected chi connectivity index (χ2v) is 7.08. The molecule has 0 amide bonds. The van der Waals surface area contributed by atoms with Gasteiger partial charge in [0, 0.05) is 32.7 Å². The van der Waals surface area contributed by atoms with Gasteiger partial charge in [-0.3, -0.25) is 4.90 Å². The molecule has 2 fully saturated rings. The quantitative estimate of drug-likeness (QED) is 0.691. The van der Waals surface area contributed by atoms with E-state index in [1.165, 1.54) is 31.4 Å². The van der Waals surface area contributed by atoms with Crippen molar-refractivity contribution >= 4 is 0 Å². The fourth-order valence-corrected chi connectivity index (χ4v) is 3.33. The molecule has 2 aliphatic carbocycles. The van der Waals surface area contributed by atoms with E-state index in [4.69, 9.17) is 4.74 Å². The molecule has 5 nitrogen and oxygen atoms in total. The van der Waals surface area contributed by atoms with Gasteiger partial charge < -0.3 is 4.74 Å². The van der Waals surface area contributed by atoms with Crippen LogP contribution in [-0.2, 0) is 17.7 Å². The number of aromatic nitrogens is 3. The first kappa shape index (κ1) is 14.4. The molecule has 1 aromatic heterocycles. The van der Waals surface area contributed by atoms with Crippen molar-refractivity contribution in [1.29, 1.82) is 0 Å². The Morgan fingerprint density at radius 3 is 2.73 bits per heavy atom. The lowest BCUT2D eigenvalue weighted by Gasteiger charge is -2.33. The summed E-state index contributed by atoms with van der Waals surface area (Å²) in [5, 5.41) is 8.96. The van der Waals surface area contributed by atoms with Gasteiger partial charge >= 0.3 is 0 Å².